The van der Waals surface area contributed by atoms with Gasteiger partial charge in [0.15, 0.2) is 0 Å². The number of carbonyl (C=O) groups excluding carboxylic acids is 5. The minimum atomic E-state index is -1.45. The lowest BCUT2D eigenvalue weighted by atomic mass is 10.0. The van der Waals surface area contributed by atoms with Crippen molar-refractivity contribution in [1.82, 2.24) is 26.6 Å². The minimum Gasteiger partial charge on any atom is -0.480 e. The summed E-state index contributed by atoms with van der Waals surface area (Å²) in [5.41, 5.74) is 8.18. The number of thiol groups is 2. The van der Waals surface area contributed by atoms with Gasteiger partial charge in [-0.2, -0.15) is 25.3 Å². The minimum absolute atomic E-state index is 0.000521. The van der Waals surface area contributed by atoms with Crippen LogP contribution in [0.4, 0.5) is 0 Å². The summed E-state index contributed by atoms with van der Waals surface area (Å²) in [5.74, 6) is -5.65. The van der Waals surface area contributed by atoms with Gasteiger partial charge in [0.25, 0.3) is 0 Å². The first-order valence-electron chi connectivity index (χ1n) is 16.4. The van der Waals surface area contributed by atoms with Crippen molar-refractivity contribution < 1.29 is 39.0 Å². The topological polar surface area (TPSA) is 229 Å². The number of benzene rings is 3. The van der Waals surface area contributed by atoms with E-state index >= 15 is 0 Å². The van der Waals surface area contributed by atoms with Crippen LogP contribution in [0.25, 0.3) is 0 Å². The first-order valence-corrected chi connectivity index (χ1v) is 17.7. The molecule has 0 heterocycles. The van der Waals surface area contributed by atoms with E-state index in [-0.39, 0.29) is 30.8 Å². The van der Waals surface area contributed by atoms with Gasteiger partial charge >= 0.3 is 5.97 Å². The second-order valence-corrected chi connectivity index (χ2v) is 12.6. The maximum absolute atomic E-state index is 13.7. The first kappa shape index (κ1) is 41.5. The standard InChI is InChI=1S/C36H44N6O8S2/c37-25(16-22-10-4-1-5-11-22)31(44)40-28(19-43)34(47)38-26(17-23-12-6-2-7-13-23)32(45)41-29(20-51)35(48)39-27(18-24-14-8-3-9-15-24)33(46)42-30(21-52)36(49)50/h1-15,25-30,43,51-52H,16-21,37H2,(H,38,47)(H,39,48)(H,40,44)(H,41,45)(H,42,46)(H,49,50)/t25-,26-,27-,28-,29-,30-/m0/s1. The molecule has 9 N–H and O–H groups in total. The molecule has 16 heteroatoms. The zero-order valence-electron chi connectivity index (χ0n) is 28.2. The highest BCUT2D eigenvalue weighted by Gasteiger charge is 2.32. The molecular formula is C36H44N6O8S2. The number of nitrogens with one attached hydrogen (secondary N) is 5. The smallest absolute Gasteiger partial charge is 0.327 e. The number of carboxylic acids is 1. The van der Waals surface area contributed by atoms with Gasteiger partial charge in [-0.1, -0.05) is 91.0 Å². The highest BCUT2D eigenvalue weighted by molar-refractivity contribution is 7.80. The maximum atomic E-state index is 13.7. The number of aliphatic hydroxyl groups excluding tert-OH is 1. The Morgan fingerprint density at radius 1 is 0.500 bits per heavy atom. The Morgan fingerprint density at radius 3 is 1.21 bits per heavy atom. The van der Waals surface area contributed by atoms with Crippen LogP contribution in [0.3, 0.4) is 0 Å². The normalized spacial score (nSPS) is 14.3. The van der Waals surface area contributed by atoms with Crippen molar-refractivity contribution in [2.75, 3.05) is 18.1 Å². The van der Waals surface area contributed by atoms with Crippen molar-refractivity contribution in [3.8, 4) is 0 Å². The molecule has 14 nitrogen and oxygen atoms in total. The number of amides is 5. The van der Waals surface area contributed by atoms with Crippen LogP contribution in [0.15, 0.2) is 91.0 Å². The summed E-state index contributed by atoms with van der Waals surface area (Å²) in [6.45, 7) is -0.794. The first-order chi connectivity index (χ1) is 24.9. The van der Waals surface area contributed by atoms with Crippen LogP contribution in [0.5, 0.6) is 0 Å². The van der Waals surface area contributed by atoms with Gasteiger partial charge in [0.05, 0.1) is 12.6 Å². The molecule has 0 unspecified atom stereocenters. The van der Waals surface area contributed by atoms with Gasteiger partial charge in [0.2, 0.25) is 29.5 Å². The van der Waals surface area contributed by atoms with Crippen LogP contribution < -0.4 is 32.3 Å². The quantitative estimate of drug-likeness (QED) is 0.0664. The molecule has 5 amide bonds. The average molecular weight is 753 g/mol. The molecule has 0 saturated carbocycles. The molecule has 0 aliphatic carbocycles. The molecule has 0 aliphatic heterocycles. The number of rotatable bonds is 20. The van der Waals surface area contributed by atoms with Crippen molar-refractivity contribution in [1.29, 1.82) is 0 Å². The third-order valence-corrected chi connectivity index (χ3v) is 8.63. The molecule has 3 aromatic rings. The molecule has 0 aromatic heterocycles. The molecule has 3 rings (SSSR count). The summed E-state index contributed by atoms with van der Waals surface area (Å²) in [6, 6.07) is 18.8. The van der Waals surface area contributed by atoms with Gasteiger partial charge in [0.1, 0.15) is 30.2 Å². The zero-order valence-corrected chi connectivity index (χ0v) is 30.0. The summed E-state index contributed by atoms with van der Waals surface area (Å²) in [7, 11) is 0. The number of nitrogens with two attached hydrogens (primary N) is 1. The molecule has 0 spiro atoms. The third-order valence-electron chi connectivity index (χ3n) is 7.89. The monoisotopic (exact) mass is 752 g/mol. The molecular weight excluding hydrogens is 709 g/mol. The number of hydrogen-bond acceptors (Lipinski definition) is 10. The fourth-order valence-corrected chi connectivity index (χ4v) is 5.53. The molecule has 0 fully saturated rings. The van der Waals surface area contributed by atoms with Crippen molar-refractivity contribution >= 4 is 60.8 Å². The van der Waals surface area contributed by atoms with E-state index in [0.717, 1.165) is 5.56 Å². The lowest BCUT2D eigenvalue weighted by Crippen LogP contribution is -2.60. The van der Waals surface area contributed by atoms with Crippen LogP contribution in [-0.2, 0) is 48.0 Å². The Labute approximate surface area is 312 Å². The van der Waals surface area contributed by atoms with E-state index in [4.69, 9.17) is 5.73 Å². The molecule has 6 atom stereocenters. The van der Waals surface area contributed by atoms with Gasteiger partial charge in [-0.25, -0.2) is 4.79 Å². The fraction of sp³-hybridized carbons (Fsp3) is 0.333. The predicted molar refractivity (Wildman–Crippen MR) is 200 cm³/mol. The third kappa shape index (κ3) is 13.3. The summed E-state index contributed by atoms with van der Waals surface area (Å²) in [6.07, 6.45) is 0.153. The SMILES string of the molecule is N[C@@H](Cc1ccccc1)C(=O)N[C@@H](CO)C(=O)N[C@@H](Cc1ccccc1)C(=O)N[C@@H](CS)C(=O)N[C@@H](Cc1ccccc1)C(=O)N[C@@H](CS)C(=O)O. The second-order valence-electron chi connectivity index (χ2n) is 11.9. The van der Waals surface area contributed by atoms with Gasteiger partial charge in [-0.3, -0.25) is 24.0 Å². The summed E-state index contributed by atoms with van der Waals surface area (Å²) < 4.78 is 0. The van der Waals surface area contributed by atoms with E-state index in [2.05, 4.69) is 51.8 Å². The van der Waals surface area contributed by atoms with Crippen molar-refractivity contribution in [2.24, 2.45) is 5.73 Å². The van der Waals surface area contributed by atoms with Crippen molar-refractivity contribution in [3.63, 3.8) is 0 Å². The molecule has 0 bridgehead atoms. The largest absolute Gasteiger partial charge is 0.480 e. The van der Waals surface area contributed by atoms with E-state index in [1.165, 1.54) is 0 Å². The van der Waals surface area contributed by atoms with Crippen LogP contribution in [-0.4, -0.2) is 100 Å². The highest BCUT2D eigenvalue weighted by atomic mass is 32.1. The van der Waals surface area contributed by atoms with Crippen LogP contribution in [0, 0.1) is 0 Å². The van der Waals surface area contributed by atoms with E-state index in [9.17, 15) is 39.0 Å². The Bertz CT molecular complexity index is 1640. The van der Waals surface area contributed by atoms with Gasteiger partial charge < -0.3 is 42.5 Å². The number of carboxylic acid groups (broad SMARTS) is 1. The molecule has 3 aromatic carbocycles. The summed E-state index contributed by atoms with van der Waals surface area (Å²) in [4.78, 5) is 78.1. The summed E-state index contributed by atoms with van der Waals surface area (Å²) in [5, 5.41) is 31.9. The molecule has 0 saturated heterocycles. The summed E-state index contributed by atoms with van der Waals surface area (Å²) >= 11 is 8.22. The number of aliphatic hydroxyl groups is 1. The average Bonchev–Trinajstić information content (AvgIpc) is 3.15. The Balaban J connectivity index is 1.75. The fourth-order valence-electron chi connectivity index (χ4n) is 5.02. The van der Waals surface area contributed by atoms with E-state index in [0.29, 0.717) is 11.1 Å². The van der Waals surface area contributed by atoms with Gasteiger partial charge in [-0.05, 0) is 23.1 Å². The lowest BCUT2D eigenvalue weighted by molar-refractivity contribution is -0.141. The van der Waals surface area contributed by atoms with E-state index in [1.807, 2.05) is 6.07 Å². The number of carbonyl (C=O) groups is 6. The number of aliphatic carboxylic acids is 1. The zero-order chi connectivity index (χ0) is 38.0. The maximum Gasteiger partial charge on any atom is 0.327 e. The highest BCUT2D eigenvalue weighted by Crippen LogP contribution is 2.08. The Kier molecular flexibility index (Phi) is 17.1. The molecule has 52 heavy (non-hydrogen) atoms. The molecule has 278 valence electrons. The van der Waals surface area contributed by atoms with E-state index in [1.54, 1.807) is 84.9 Å². The van der Waals surface area contributed by atoms with Crippen LogP contribution in [0.2, 0.25) is 0 Å². The number of hydrogen-bond donors (Lipinski definition) is 10. The van der Waals surface area contributed by atoms with E-state index < -0.39 is 78.4 Å². The molecule has 0 aliphatic rings. The van der Waals surface area contributed by atoms with Crippen LogP contribution >= 0.6 is 25.3 Å². The lowest BCUT2D eigenvalue weighted by Gasteiger charge is -2.26. The van der Waals surface area contributed by atoms with Crippen molar-refractivity contribution in [3.05, 3.63) is 108 Å². The Morgan fingerprint density at radius 2 is 0.827 bits per heavy atom. The van der Waals surface area contributed by atoms with Crippen LogP contribution in [0.1, 0.15) is 16.7 Å². The van der Waals surface area contributed by atoms with Gasteiger partial charge in [0, 0.05) is 24.3 Å². The molecule has 0 radical (unpaired) electrons. The van der Waals surface area contributed by atoms with Gasteiger partial charge in [-0.15, -0.1) is 0 Å². The Hall–Kier alpha value is -4.90. The second kappa shape index (κ2) is 21.5. The predicted octanol–water partition coefficient (Wildman–Crippen LogP) is -0.598. The van der Waals surface area contributed by atoms with Crippen molar-refractivity contribution in [2.45, 2.75) is 55.5 Å².